The quantitative estimate of drug-likeness (QED) is 0.313. The Morgan fingerprint density at radius 3 is 1.84 bits per heavy atom. The highest BCUT2D eigenvalue weighted by Crippen LogP contribution is 2.49. The predicted molar refractivity (Wildman–Crippen MR) is 143 cm³/mol. The number of thioether (sulfide) groups is 1. The zero-order valence-corrected chi connectivity index (χ0v) is 21.9. The number of imide groups is 1. The largest absolute Gasteiger partial charge is 0.497 e. The lowest BCUT2D eigenvalue weighted by molar-refractivity contribution is -0.198. The van der Waals surface area contributed by atoms with Gasteiger partial charge in [0, 0.05) is 25.5 Å². The first-order valence-electron chi connectivity index (χ1n) is 12.1. The summed E-state index contributed by atoms with van der Waals surface area (Å²) in [5.41, 5.74) is 2.85. The summed E-state index contributed by atoms with van der Waals surface area (Å²) in [7, 11) is 1.60. The molecule has 38 heavy (non-hydrogen) atoms. The Morgan fingerprint density at radius 2 is 1.37 bits per heavy atom. The van der Waals surface area contributed by atoms with Crippen molar-refractivity contribution in [1.29, 1.82) is 0 Å². The lowest BCUT2D eigenvalue weighted by Crippen LogP contribution is -2.47. The van der Waals surface area contributed by atoms with Crippen molar-refractivity contribution < 1.29 is 28.8 Å². The highest BCUT2D eigenvalue weighted by molar-refractivity contribution is 8.00. The molecule has 0 aliphatic carbocycles. The Morgan fingerprint density at radius 1 is 0.868 bits per heavy atom. The minimum atomic E-state index is -1.12. The molecule has 3 amide bonds. The molecule has 0 radical (unpaired) electrons. The van der Waals surface area contributed by atoms with Gasteiger partial charge in [-0.2, -0.15) is 0 Å². The summed E-state index contributed by atoms with van der Waals surface area (Å²) < 4.78 is 4.59. The second-order valence-corrected chi connectivity index (χ2v) is 9.93. The molecular formula is C29H28N2O6S. The van der Waals surface area contributed by atoms with E-state index in [-0.39, 0.29) is 18.6 Å². The normalized spacial score (nSPS) is 14.2. The van der Waals surface area contributed by atoms with Gasteiger partial charge in [0.15, 0.2) is 0 Å². The number of hydrogen-bond donors (Lipinski definition) is 1. The van der Waals surface area contributed by atoms with Crippen LogP contribution in [0.25, 0.3) is 0 Å². The third-order valence-corrected chi connectivity index (χ3v) is 7.81. The first kappa shape index (κ1) is 26.9. The molecule has 0 aromatic heterocycles. The summed E-state index contributed by atoms with van der Waals surface area (Å²) in [4.78, 5) is 54.4. The Kier molecular flexibility index (Phi) is 8.48. The van der Waals surface area contributed by atoms with E-state index in [9.17, 15) is 19.2 Å². The Bertz CT molecular complexity index is 1240. The number of ether oxygens (including phenoxy) is 1. The number of hydrogen-bond acceptors (Lipinski definition) is 7. The minimum Gasteiger partial charge on any atom is -0.497 e. The fourth-order valence-electron chi connectivity index (χ4n) is 4.36. The van der Waals surface area contributed by atoms with Gasteiger partial charge >= 0.3 is 5.97 Å². The number of nitrogens with one attached hydrogen (secondary N) is 1. The van der Waals surface area contributed by atoms with Crippen molar-refractivity contribution in [3.05, 3.63) is 102 Å². The van der Waals surface area contributed by atoms with Crippen molar-refractivity contribution in [1.82, 2.24) is 10.4 Å². The molecule has 196 valence electrons. The number of hydroxylamine groups is 2. The molecule has 0 unspecified atom stereocenters. The monoisotopic (exact) mass is 532 g/mol. The van der Waals surface area contributed by atoms with Crippen LogP contribution < -0.4 is 10.1 Å². The van der Waals surface area contributed by atoms with Gasteiger partial charge in [-0.05, 0) is 28.8 Å². The molecule has 1 N–H and O–H groups in total. The molecule has 1 saturated heterocycles. The van der Waals surface area contributed by atoms with E-state index in [0.717, 1.165) is 16.7 Å². The molecule has 1 atom stereocenters. The van der Waals surface area contributed by atoms with Gasteiger partial charge in [0.1, 0.15) is 11.8 Å². The maximum atomic E-state index is 13.1. The number of benzene rings is 3. The zero-order chi connectivity index (χ0) is 27.1. The van der Waals surface area contributed by atoms with Crippen molar-refractivity contribution in [3.63, 3.8) is 0 Å². The van der Waals surface area contributed by atoms with Gasteiger partial charge in [-0.15, -0.1) is 16.8 Å². The van der Waals surface area contributed by atoms with Crippen molar-refractivity contribution in [2.75, 3.05) is 12.9 Å². The van der Waals surface area contributed by atoms with E-state index in [2.05, 4.69) is 5.32 Å². The summed E-state index contributed by atoms with van der Waals surface area (Å²) >= 11 is 1.43. The molecule has 1 heterocycles. The number of methoxy groups -OCH3 is 1. The zero-order valence-electron chi connectivity index (χ0n) is 21.1. The highest BCUT2D eigenvalue weighted by atomic mass is 32.2. The first-order valence-corrected chi connectivity index (χ1v) is 13.1. The summed E-state index contributed by atoms with van der Waals surface area (Å²) in [5.74, 6) is -1.71. The summed E-state index contributed by atoms with van der Waals surface area (Å²) in [6.07, 6.45) is -0.0392. The van der Waals surface area contributed by atoms with Crippen molar-refractivity contribution in [3.8, 4) is 5.75 Å². The standard InChI is InChI=1S/C29H28N2O6S/c1-20(32)30-25(28(35)37-31-26(33)17-18-27(31)34)19-38-29(21-9-5-3-6-10-21,22-11-7-4-8-12-22)23-13-15-24(36-2)16-14-23/h3-16,25H,17-19H2,1-2H3,(H,30,32)/t25-/m0/s1. The molecule has 1 fully saturated rings. The molecule has 1 aliphatic rings. The van der Waals surface area contributed by atoms with Crippen molar-refractivity contribution in [2.45, 2.75) is 30.6 Å². The van der Waals surface area contributed by atoms with Crippen molar-refractivity contribution in [2.24, 2.45) is 0 Å². The number of amides is 3. The van der Waals surface area contributed by atoms with Crippen molar-refractivity contribution >= 4 is 35.5 Å². The molecule has 8 nitrogen and oxygen atoms in total. The predicted octanol–water partition coefficient (Wildman–Crippen LogP) is 3.83. The van der Waals surface area contributed by atoms with Gasteiger partial charge in [0.25, 0.3) is 11.8 Å². The number of nitrogens with zero attached hydrogens (tertiary/aromatic N) is 1. The van der Waals surface area contributed by atoms with E-state index in [4.69, 9.17) is 9.57 Å². The topological polar surface area (TPSA) is 102 Å². The lowest BCUT2D eigenvalue weighted by Gasteiger charge is -2.36. The van der Waals surface area contributed by atoms with E-state index in [1.807, 2.05) is 84.9 Å². The smallest absolute Gasteiger partial charge is 0.356 e. The lowest BCUT2D eigenvalue weighted by atomic mass is 9.84. The van der Waals surface area contributed by atoms with E-state index in [1.54, 1.807) is 7.11 Å². The van der Waals surface area contributed by atoms with Crippen LogP contribution in [0, 0.1) is 0 Å². The summed E-state index contributed by atoms with van der Waals surface area (Å²) in [6.45, 7) is 1.29. The fraction of sp³-hybridized carbons (Fsp3) is 0.241. The van der Waals surface area contributed by atoms with Crippen LogP contribution in [-0.4, -0.2) is 47.7 Å². The maximum Gasteiger partial charge on any atom is 0.356 e. The summed E-state index contributed by atoms with van der Waals surface area (Å²) in [6, 6.07) is 26.3. The fourth-order valence-corrected chi connectivity index (χ4v) is 5.90. The second-order valence-electron chi connectivity index (χ2n) is 8.70. The van der Waals surface area contributed by atoms with Gasteiger partial charge in [0.2, 0.25) is 5.91 Å². The Hall–Kier alpha value is -4.11. The van der Waals surface area contributed by atoms with Gasteiger partial charge in [-0.25, -0.2) is 4.79 Å². The molecule has 0 saturated carbocycles. The van der Waals surface area contributed by atoms with Gasteiger partial charge in [0.05, 0.1) is 11.9 Å². The molecular weight excluding hydrogens is 504 g/mol. The van der Waals surface area contributed by atoms with E-state index < -0.39 is 34.5 Å². The SMILES string of the molecule is COc1ccc(C(SC[C@H](NC(C)=O)C(=O)ON2C(=O)CCC2=O)(c2ccccc2)c2ccccc2)cc1. The van der Waals surface area contributed by atoms with E-state index >= 15 is 0 Å². The van der Waals surface area contributed by atoms with E-state index in [1.165, 1.54) is 18.7 Å². The van der Waals surface area contributed by atoms with Crippen LogP contribution in [0.15, 0.2) is 84.9 Å². The van der Waals surface area contributed by atoms with Crippen LogP contribution in [0.2, 0.25) is 0 Å². The molecule has 0 spiro atoms. The minimum absolute atomic E-state index is 0.0196. The van der Waals surface area contributed by atoms with Crippen LogP contribution >= 0.6 is 11.8 Å². The van der Waals surface area contributed by atoms with Gasteiger partial charge < -0.3 is 14.9 Å². The molecule has 0 bridgehead atoms. The average molecular weight is 533 g/mol. The van der Waals surface area contributed by atoms with Crippen LogP contribution in [0.1, 0.15) is 36.5 Å². The van der Waals surface area contributed by atoms with Crippen LogP contribution in [0.3, 0.4) is 0 Å². The number of carbonyl (C=O) groups excluding carboxylic acids is 4. The van der Waals surface area contributed by atoms with Gasteiger partial charge in [-0.1, -0.05) is 72.8 Å². The Balaban J connectivity index is 1.75. The van der Waals surface area contributed by atoms with Crippen LogP contribution in [0.5, 0.6) is 5.75 Å². The third-order valence-electron chi connectivity index (χ3n) is 6.17. The highest BCUT2D eigenvalue weighted by Gasteiger charge is 2.40. The number of rotatable bonds is 10. The molecule has 3 aromatic carbocycles. The molecule has 4 rings (SSSR count). The summed E-state index contributed by atoms with van der Waals surface area (Å²) in [5, 5.41) is 3.12. The van der Waals surface area contributed by atoms with Crippen LogP contribution in [0.4, 0.5) is 0 Å². The number of carbonyl (C=O) groups is 4. The third kappa shape index (κ3) is 5.73. The molecule has 3 aromatic rings. The van der Waals surface area contributed by atoms with E-state index in [0.29, 0.717) is 10.8 Å². The molecule has 1 aliphatic heterocycles. The second kappa shape index (κ2) is 12.0. The maximum absolute atomic E-state index is 13.1. The Labute approximate surface area is 225 Å². The molecule has 9 heteroatoms. The average Bonchev–Trinajstić information content (AvgIpc) is 3.26. The van der Waals surface area contributed by atoms with Gasteiger partial charge in [-0.3, -0.25) is 14.4 Å². The first-order chi connectivity index (χ1) is 18.3. The van der Waals surface area contributed by atoms with Crippen LogP contribution in [-0.2, 0) is 28.8 Å².